The van der Waals surface area contributed by atoms with E-state index in [2.05, 4.69) is 61.4 Å². The second kappa shape index (κ2) is 76.3. The number of benzene rings is 12. The van der Waals surface area contributed by atoms with E-state index < -0.39 is 101 Å². The van der Waals surface area contributed by atoms with Crippen molar-refractivity contribution in [1.29, 1.82) is 0 Å². The van der Waals surface area contributed by atoms with Gasteiger partial charge in [-0.1, -0.05) is 182 Å². The van der Waals surface area contributed by atoms with E-state index in [1.165, 1.54) is 72.8 Å². The number of hydrogen-bond donors (Lipinski definition) is 0. The molecule has 0 heterocycles. The SMILES string of the molecule is CS(C)=O.CS(C)=O.CS(C)=O.CS(C)=O.CS(C)=O.CS(C)=O.O=C([O-])c1ccc(N=Nc2ccccc2)cc1.O=C([O-])c1ccc(N=Nc2ccccc2)cc1.O=C([O-])c1ccc(N=Nc2ccccc2)cc1.O=C([O-])c1ccc(N=Nc2ccccc2)cc1.O=C([O-])c1ccc(N=Nc2ccccc2)cc1.O=C([O-])c1ccc(N=Nc2ccccc2)cc1.[Dy+3].[Dy+3].[OH3+].[OH3+]. The van der Waals surface area contributed by atoms with Gasteiger partial charge in [-0.05, 0) is 179 Å². The number of nitrogens with zero attached hydrogens (tertiary/aromatic N) is 12. The van der Waals surface area contributed by atoms with Crippen LogP contribution in [-0.2, 0) is 75.7 Å². The van der Waals surface area contributed by atoms with Crippen molar-refractivity contribution in [2.24, 2.45) is 61.4 Å². The molecular weight excluding hydrogens is 2090 g/mol. The number of carboxylic acid groups (broad SMARTS) is 6. The number of azo groups is 6. The Balaban J connectivity index is -0.000000692. The minimum Gasteiger partial charge on any atom is -0.545 e. The smallest absolute Gasteiger partial charge is 0.545 e. The molecule has 0 spiro atoms. The zero-order valence-electron chi connectivity index (χ0n) is 72.1. The third kappa shape index (κ3) is 68.6. The Bertz CT molecular complexity index is 4640. The van der Waals surface area contributed by atoms with E-state index in [1.54, 1.807) is 148 Å². The molecule has 0 aromatic heterocycles. The number of aromatic carboxylic acids is 6. The summed E-state index contributed by atoms with van der Waals surface area (Å²) in [7, 11) is -3.67. The maximum atomic E-state index is 10.5. The maximum absolute atomic E-state index is 10.5. The number of carbonyl (C=O) groups excluding carboxylic acids is 6. The summed E-state index contributed by atoms with van der Waals surface area (Å²) < 4.78 is 57.3. The monoisotopic (exact) mass is 2180 g/mol. The van der Waals surface area contributed by atoms with Crippen molar-refractivity contribution in [3.8, 4) is 0 Å². The van der Waals surface area contributed by atoms with Crippen LogP contribution in [0.4, 0.5) is 68.2 Å². The zero-order valence-corrected chi connectivity index (χ0v) is 81.1. The molecule has 2 radical (unpaired) electrons. The van der Waals surface area contributed by atoms with Crippen molar-refractivity contribution in [3.05, 3.63) is 361 Å². The normalized spacial score (nSPS) is 9.92. The van der Waals surface area contributed by atoms with E-state index >= 15 is 0 Å². The Morgan fingerprint density at radius 1 is 0.162 bits per heavy atom. The first-order valence-electron chi connectivity index (χ1n) is 36.1. The van der Waals surface area contributed by atoms with Gasteiger partial charge < -0.3 is 70.4 Å². The molecular formula is C90H96Dy2N12O20S6+2. The Morgan fingerprint density at radius 3 is 0.300 bits per heavy atom. The third-order valence-corrected chi connectivity index (χ3v) is 12.8. The van der Waals surface area contributed by atoms with Gasteiger partial charge in [0.25, 0.3) is 0 Å². The molecule has 0 aliphatic rings. The van der Waals surface area contributed by atoms with Crippen LogP contribution in [0.1, 0.15) is 62.1 Å². The topological polar surface area (TPSA) is 558 Å². The molecule has 0 bridgehead atoms. The van der Waals surface area contributed by atoms with Crippen molar-refractivity contribution in [1.82, 2.24) is 0 Å². The molecule has 0 unspecified atom stereocenters. The third-order valence-electron chi connectivity index (χ3n) is 12.8. The van der Waals surface area contributed by atoms with Crippen molar-refractivity contribution in [2.45, 2.75) is 0 Å². The summed E-state index contributed by atoms with van der Waals surface area (Å²) in [6, 6.07) is 92.0. The van der Waals surface area contributed by atoms with Gasteiger partial charge in [-0.2, -0.15) is 61.4 Å². The predicted molar refractivity (Wildman–Crippen MR) is 498 cm³/mol. The van der Waals surface area contributed by atoms with Gasteiger partial charge in [0, 0.05) is 140 Å². The molecule has 0 saturated heterocycles. The van der Waals surface area contributed by atoms with E-state index in [9.17, 15) is 84.7 Å². The molecule has 0 aliphatic carbocycles. The second-order valence-corrected chi connectivity index (χ2v) is 33.6. The fraction of sp³-hybridized carbons (Fsp3) is 0.133. The largest absolute Gasteiger partial charge is 3.00 e. The van der Waals surface area contributed by atoms with Crippen LogP contribution in [0.25, 0.3) is 0 Å². The van der Waals surface area contributed by atoms with Crippen LogP contribution in [0.2, 0.25) is 0 Å². The molecule has 130 heavy (non-hydrogen) atoms. The van der Waals surface area contributed by atoms with Gasteiger partial charge in [0.2, 0.25) is 0 Å². The van der Waals surface area contributed by atoms with Crippen molar-refractivity contribution >= 4 is 169 Å². The van der Waals surface area contributed by atoms with Crippen LogP contribution in [0, 0.1) is 76.3 Å². The average Bonchev–Trinajstić information content (AvgIpc) is 0.911. The molecule has 0 atom stereocenters. The minimum absolute atomic E-state index is 0. The first kappa shape index (κ1) is 125. The Hall–Kier alpha value is -11.6. The molecule has 6 N–H and O–H groups in total. The van der Waals surface area contributed by atoms with Gasteiger partial charge in [-0.3, -0.25) is 25.3 Å². The van der Waals surface area contributed by atoms with Crippen molar-refractivity contribution in [2.75, 3.05) is 75.1 Å². The summed E-state index contributed by atoms with van der Waals surface area (Å²) in [6.07, 6.45) is 19.7. The standard InChI is InChI=1S/6C13H10N2O2.6C2H6OS.2Dy.2H2O/c6*16-13(17)10-6-8-12(9-7-10)15-14-11-4-2-1-3-5-11;6*1-4(2)3;;;;/h6*1-9H,(H,16,17);6*1-2H3;;;2*1H2/q;;;;;;;;;;;;2*+3;;/p-4. The van der Waals surface area contributed by atoms with Crippen LogP contribution in [0.15, 0.2) is 389 Å². The molecule has 12 rings (SSSR count). The van der Waals surface area contributed by atoms with Crippen LogP contribution in [0.5, 0.6) is 0 Å². The Kier molecular flexibility index (Phi) is 73.2. The van der Waals surface area contributed by atoms with Crippen LogP contribution in [-0.4, -0.2) is 136 Å². The molecule has 690 valence electrons. The fourth-order valence-electron chi connectivity index (χ4n) is 7.65. The van der Waals surface area contributed by atoms with Gasteiger partial charge >= 0.3 is 76.3 Å². The summed E-state index contributed by atoms with van der Waals surface area (Å²) in [4.78, 5) is 63.2. The second-order valence-electron chi connectivity index (χ2n) is 24.7. The number of hydrogen-bond acceptors (Lipinski definition) is 30. The number of carbonyl (C=O) groups is 6. The summed E-state index contributed by atoms with van der Waals surface area (Å²) >= 11 is 0. The minimum atomic E-state index is -1.20. The summed E-state index contributed by atoms with van der Waals surface area (Å²) in [5.41, 5.74) is 8.83. The van der Waals surface area contributed by atoms with E-state index in [-0.39, 0.29) is 121 Å². The van der Waals surface area contributed by atoms with Crippen molar-refractivity contribution in [3.63, 3.8) is 0 Å². The van der Waals surface area contributed by atoms with Crippen LogP contribution in [0.3, 0.4) is 0 Å². The Morgan fingerprint density at radius 2 is 0.231 bits per heavy atom. The zero-order chi connectivity index (χ0) is 94.0. The molecule has 12 aromatic rings. The van der Waals surface area contributed by atoms with Gasteiger partial charge in [0.15, 0.2) is 0 Å². The molecule has 0 saturated carbocycles. The molecule has 40 heteroatoms. The van der Waals surface area contributed by atoms with Gasteiger partial charge in [-0.15, -0.1) is 0 Å². The van der Waals surface area contributed by atoms with E-state index in [0.717, 1.165) is 34.1 Å². The van der Waals surface area contributed by atoms with E-state index in [4.69, 9.17) is 0 Å². The van der Waals surface area contributed by atoms with Crippen LogP contribution < -0.4 is 30.6 Å². The summed E-state index contributed by atoms with van der Waals surface area (Å²) in [6.45, 7) is 0. The van der Waals surface area contributed by atoms with Crippen LogP contribution >= 0.6 is 0 Å². The average molecular weight is 2180 g/mol. The van der Waals surface area contributed by atoms with Gasteiger partial charge in [0.1, 0.15) is 0 Å². The molecule has 0 amide bonds. The summed E-state index contributed by atoms with van der Waals surface area (Å²) in [5, 5.41) is 111. The molecule has 0 fully saturated rings. The predicted octanol–water partition coefficient (Wildman–Crippen LogP) is 12.9. The van der Waals surface area contributed by atoms with E-state index in [0.29, 0.717) is 34.1 Å². The maximum Gasteiger partial charge on any atom is 3.00 e. The molecule has 0 aliphatic heterocycles. The number of rotatable bonds is 18. The quantitative estimate of drug-likeness (QED) is 0.0568. The first-order valence-corrected chi connectivity index (χ1v) is 47.9. The van der Waals surface area contributed by atoms with E-state index in [1.807, 2.05) is 182 Å². The summed E-state index contributed by atoms with van der Waals surface area (Å²) in [5.74, 6) is -7.19. The first-order chi connectivity index (χ1) is 59.9. The van der Waals surface area contributed by atoms with Crippen molar-refractivity contribution < 1.29 is 172 Å². The molecule has 12 aromatic carbocycles. The molecule has 32 nitrogen and oxygen atoms in total. The van der Waals surface area contributed by atoms with Gasteiger partial charge in [0.05, 0.1) is 104 Å². The number of carboxylic acids is 6. The van der Waals surface area contributed by atoms with Gasteiger partial charge in [-0.25, -0.2) is 0 Å². The Labute approximate surface area is 829 Å². The fourth-order valence-corrected chi connectivity index (χ4v) is 7.65.